The van der Waals surface area contributed by atoms with Crippen molar-refractivity contribution < 1.29 is 14.3 Å². The molecule has 0 amide bonds. The highest BCUT2D eigenvalue weighted by atomic mass is 35.5. The highest BCUT2D eigenvalue weighted by Crippen LogP contribution is 2.22. The maximum atomic E-state index is 13.2. The van der Waals surface area contributed by atoms with Crippen LogP contribution in [0.3, 0.4) is 0 Å². The van der Waals surface area contributed by atoms with Crippen LogP contribution in [0.1, 0.15) is 41.3 Å². The second-order valence-corrected chi connectivity index (χ2v) is 10.3. The van der Waals surface area contributed by atoms with Gasteiger partial charge < -0.3 is 14.9 Å². The third-order valence-electron chi connectivity index (χ3n) is 6.99. The molecule has 2 aliphatic heterocycles. The van der Waals surface area contributed by atoms with E-state index in [2.05, 4.69) is 33.5 Å². The third-order valence-corrected chi connectivity index (χ3v) is 7.23. The molecule has 1 atom stereocenters. The Labute approximate surface area is 218 Å². The number of aliphatic hydroxyl groups is 1. The second kappa shape index (κ2) is 11.6. The van der Waals surface area contributed by atoms with Crippen molar-refractivity contribution in [2.24, 2.45) is 0 Å². The average molecular weight is 510 g/mol. The molecule has 0 radical (unpaired) electrons. The van der Waals surface area contributed by atoms with E-state index in [0.717, 1.165) is 44.8 Å². The van der Waals surface area contributed by atoms with E-state index in [4.69, 9.17) is 11.6 Å². The summed E-state index contributed by atoms with van der Waals surface area (Å²) in [5.74, 6) is 5.67. The molecule has 4 rings (SSSR count). The van der Waals surface area contributed by atoms with Gasteiger partial charge in [0.1, 0.15) is 11.4 Å². The Hall–Kier alpha value is -2.69. The predicted octanol–water partition coefficient (Wildman–Crippen LogP) is 4.19. The van der Waals surface area contributed by atoms with Crippen molar-refractivity contribution in [3.63, 3.8) is 0 Å². The molecule has 190 valence electrons. The Morgan fingerprint density at radius 3 is 2.58 bits per heavy atom. The van der Waals surface area contributed by atoms with Crippen LogP contribution in [0, 0.1) is 17.7 Å². The Balaban J connectivity index is 1.40. The quantitative estimate of drug-likeness (QED) is 0.372. The van der Waals surface area contributed by atoms with Gasteiger partial charge in [-0.15, -0.1) is 0 Å². The Kier molecular flexibility index (Phi) is 8.48. The van der Waals surface area contributed by atoms with Crippen molar-refractivity contribution in [1.82, 2.24) is 14.7 Å². The highest BCUT2D eigenvalue weighted by Gasteiger charge is 2.29. The minimum atomic E-state index is -1.05. The van der Waals surface area contributed by atoms with Gasteiger partial charge in [-0.3, -0.25) is 9.69 Å². The standard InChI is InChI=1S/C29H33ClFN3O2/c1-22-20-33(21-23-3-6-26(31)7-4-23)17-18-34(22)14-10-28(35)27-8-5-25(30)19-24(27)9-11-29(36)12-15-32(2)16-13-29/h3-8,10,14,19,22,36H,12-13,15-18,20-21H2,1-2H3/b14-10+/t22-/m1/s1. The summed E-state index contributed by atoms with van der Waals surface area (Å²) in [4.78, 5) is 19.8. The molecule has 0 saturated carbocycles. The maximum Gasteiger partial charge on any atom is 0.188 e. The van der Waals surface area contributed by atoms with Crippen molar-refractivity contribution in [2.45, 2.75) is 38.0 Å². The molecule has 5 nitrogen and oxygen atoms in total. The zero-order valence-corrected chi connectivity index (χ0v) is 21.6. The third kappa shape index (κ3) is 6.96. The van der Waals surface area contributed by atoms with Gasteiger partial charge in [-0.1, -0.05) is 35.6 Å². The van der Waals surface area contributed by atoms with Crippen LogP contribution in [0.5, 0.6) is 0 Å². The first-order valence-electron chi connectivity index (χ1n) is 12.4. The van der Waals surface area contributed by atoms with Crippen molar-refractivity contribution in [2.75, 3.05) is 39.8 Å². The molecule has 0 spiro atoms. The van der Waals surface area contributed by atoms with E-state index in [0.29, 0.717) is 29.0 Å². The number of piperazine rings is 1. The number of benzene rings is 2. The lowest BCUT2D eigenvalue weighted by Crippen LogP contribution is -2.49. The summed E-state index contributed by atoms with van der Waals surface area (Å²) in [6.45, 7) is 6.97. The largest absolute Gasteiger partial charge is 0.377 e. The normalized spacial score (nSPS) is 20.8. The van der Waals surface area contributed by atoms with Crippen LogP contribution in [-0.4, -0.2) is 77.0 Å². The number of nitrogens with zero attached hydrogens (tertiary/aromatic N) is 3. The lowest BCUT2D eigenvalue weighted by Gasteiger charge is -2.39. The summed E-state index contributed by atoms with van der Waals surface area (Å²) in [5, 5.41) is 11.3. The summed E-state index contributed by atoms with van der Waals surface area (Å²) in [6, 6.07) is 11.9. The van der Waals surface area contributed by atoms with E-state index in [1.807, 2.05) is 25.4 Å². The van der Waals surface area contributed by atoms with Crippen molar-refractivity contribution in [3.8, 4) is 11.8 Å². The van der Waals surface area contributed by atoms with Crippen LogP contribution in [0.4, 0.5) is 4.39 Å². The molecule has 0 aromatic heterocycles. The first kappa shape index (κ1) is 26.4. The number of carbonyl (C=O) groups excluding carboxylic acids is 1. The number of ketones is 1. The highest BCUT2D eigenvalue weighted by molar-refractivity contribution is 6.30. The van der Waals surface area contributed by atoms with Crippen LogP contribution in [0.25, 0.3) is 0 Å². The van der Waals surface area contributed by atoms with E-state index in [-0.39, 0.29) is 17.6 Å². The zero-order chi connectivity index (χ0) is 25.7. The van der Waals surface area contributed by atoms with Gasteiger partial charge in [0.2, 0.25) is 0 Å². The average Bonchev–Trinajstić information content (AvgIpc) is 2.86. The van der Waals surface area contributed by atoms with Gasteiger partial charge in [0.15, 0.2) is 5.78 Å². The first-order valence-corrected chi connectivity index (χ1v) is 12.8. The van der Waals surface area contributed by atoms with E-state index >= 15 is 0 Å². The van der Waals surface area contributed by atoms with Gasteiger partial charge in [0.05, 0.1) is 0 Å². The van der Waals surface area contributed by atoms with E-state index < -0.39 is 5.60 Å². The lowest BCUT2D eigenvalue weighted by atomic mass is 9.91. The Morgan fingerprint density at radius 1 is 1.17 bits per heavy atom. The number of rotatable bonds is 5. The summed E-state index contributed by atoms with van der Waals surface area (Å²) < 4.78 is 13.2. The molecule has 2 aromatic rings. The molecule has 36 heavy (non-hydrogen) atoms. The fourth-order valence-electron chi connectivity index (χ4n) is 4.65. The van der Waals surface area contributed by atoms with Crippen molar-refractivity contribution in [3.05, 3.63) is 82.3 Å². The molecule has 1 N–H and O–H groups in total. The lowest BCUT2D eigenvalue weighted by molar-refractivity contribution is 0.0350. The number of piperidine rings is 1. The predicted molar refractivity (Wildman–Crippen MR) is 141 cm³/mol. The topological polar surface area (TPSA) is 47.0 Å². The van der Waals surface area contributed by atoms with E-state index in [9.17, 15) is 14.3 Å². The molecule has 0 bridgehead atoms. The summed E-state index contributed by atoms with van der Waals surface area (Å²) in [6.07, 6.45) is 4.60. The minimum absolute atomic E-state index is 0.146. The van der Waals surface area contributed by atoms with Crippen LogP contribution >= 0.6 is 11.6 Å². The molecule has 2 heterocycles. The molecular weight excluding hydrogens is 477 g/mol. The Bertz CT molecular complexity index is 1160. The SMILES string of the molecule is C[C@@H]1CN(Cc2ccc(F)cc2)CCN1/C=C/C(=O)c1ccc(Cl)cc1C#CC1(O)CCN(C)CC1. The zero-order valence-electron chi connectivity index (χ0n) is 20.9. The first-order chi connectivity index (χ1) is 17.2. The van der Waals surface area contributed by atoms with Crippen LogP contribution in [0.15, 0.2) is 54.7 Å². The van der Waals surface area contributed by atoms with E-state index in [1.54, 1.807) is 24.3 Å². The molecule has 2 aromatic carbocycles. The monoisotopic (exact) mass is 509 g/mol. The molecular formula is C29H33ClFN3O2. The van der Waals surface area contributed by atoms with Crippen LogP contribution < -0.4 is 0 Å². The number of hydrogen-bond donors (Lipinski definition) is 1. The van der Waals surface area contributed by atoms with Crippen molar-refractivity contribution >= 4 is 17.4 Å². The summed E-state index contributed by atoms with van der Waals surface area (Å²) in [5.41, 5.74) is 1.04. The molecule has 2 aliphatic rings. The molecule has 0 aliphatic carbocycles. The summed E-state index contributed by atoms with van der Waals surface area (Å²) in [7, 11) is 2.03. The van der Waals surface area contributed by atoms with Crippen molar-refractivity contribution in [1.29, 1.82) is 0 Å². The van der Waals surface area contributed by atoms with Gasteiger partial charge in [-0.2, -0.15) is 0 Å². The smallest absolute Gasteiger partial charge is 0.188 e. The number of likely N-dealkylation sites (tertiary alicyclic amines) is 1. The Morgan fingerprint density at radius 2 is 1.89 bits per heavy atom. The number of hydrogen-bond acceptors (Lipinski definition) is 5. The molecule has 2 saturated heterocycles. The molecule has 7 heteroatoms. The van der Waals surface area contributed by atoms with Crippen LogP contribution in [-0.2, 0) is 6.54 Å². The maximum absolute atomic E-state index is 13.2. The number of carbonyl (C=O) groups is 1. The molecule has 0 unspecified atom stereocenters. The van der Waals surface area contributed by atoms with Gasteiger partial charge in [0.25, 0.3) is 0 Å². The number of allylic oxidation sites excluding steroid dienone is 1. The fraction of sp³-hybridized carbons (Fsp3) is 0.414. The van der Waals surface area contributed by atoms with Gasteiger partial charge in [-0.25, -0.2) is 4.39 Å². The van der Waals surface area contributed by atoms with E-state index in [1.165, 1.54) is 12.1 Å². The van der Waals surface area contributed by atoms with Gasteiger partial charge >= 0.3 is 0 Å². The number of halogens is 2. The van der Waals surface area contributed by atoms with Gasteiger partial charge in [0, 0.05) is 86.6 Å². The minimum Gasteiger partial charge on any atom is -0.377 e. The second-order valence-electron chi connectivity index (χ2n) is 9.90. The molecule has 2 fully saturated rings. The fourth-order valence-corrected chi connectivity index (χ4v) is 4.82. The summed E-state index contributed by atoms with van der Waals surface area (Å²) >= 11 is 6.20. The van der Waals surface area contributed by atoms with Gasteiger partial charge in [-0.05, 0) is 49.9 Å². The van der Waals surface area contributed by atoms with Crippen LogP contribution in [0.2, 0.25) is 5.02 Å².